The Morgan fingerprint density at radius 3 is 2.28 bits per heavy atom. The van der Waals surface area contributed by atoms with Crippen LogP contribution >= 0.6 is 23.2 Å². The summed E-state index contributed by atoms with van der Waals surface area (Å²) in [4.78, 5) is 20.1. The number of nitro benzene ring substituents is 1. The molecule has 0 bridgehead atoms. The van der Waals surface area contributed by atoms with E-state index in [1.165, 1.54) is 0 Å². The molecule has 0 aliphatic rings. The second-order valence-corrected chi connectivity index (χ2v) is 3.69. The molecule has 1 rings (SSSR count). The van der Waals surface area contributed by atoms with Gasteiger partial charge in [-0.15, -0.1) is 0 Å². The summed E-state index contributed by atoms with van der Waals surface area (Å²) in [5.41, 5.74) is -0.617. The fraction of sp³-hybridized carbons (Fsp3) is 0.125. The molecule has 0 saturated carbocycles. The van der Waals surface area contributed by atoms with Crippen molar-refractivity contribution in [2.75, 3.05) is 0 Å². The number of esters is 1. The fourth-order valence-corrected chi connectivity index (χ4v) is 1.31. The number of nitro groups is 1. The third-order valence-electron chi connectivity index (χ3n) is 1.63. The van der Waals surface area contributed by atoms with E-state index in [1.807, 2.05) is 0 Å². The van der Waals surface area contributed by atoms with E-state index in [0.29, 0.717) is 12.1 Å². The van der Waals surface area contributed by atoms with Gasteiger partial charge in [0.15, 0.2) is 5.75 Å². The van der Waals surface area contributed by atoms with Crippen LogP contribution in [0, 0.1) is 10.1 Å². The van der Waals surface area contributed by atoms with Crippen LogP contribution in [0.5, 0.6) is 5.75 Å². The minimum atomic E-state index is -5.21. The number of hydrogen-bond donors (Lipinski definition) is 0. The average Bonchev–Trinajstić information content (AvgIpc) is 2.21. The number of ether oxygens (including phenoxy) is 1. The number of carbonyl (C=O) groups is 1. The van der Waals surface area contributed by atoms with E-state index in [-0.39, 0.29) is 0 Å². The Labute approximate surface area is 107 Å². The van der Waals surface area contributed by atoms with Crippen LogP contribution in [0.1, 0.15) is 0 Å². The molecule has 0 radical (unpaired) electrons. The van der Waals surface area contributed by atoms with Gasteiger partial charge in [-0.3, -0.25) is 10.1 Å². The summed E-state index contributed by atoms with van der Waals surface area (Å²) in [6, 6.07) is 1.34. The van der Waals surface area contributed by atoms with E-state index in [4.69, 9.17) is 23.2 Å². The molecule has 0 aromatic heterocycles. The number of carbonyl (C=O) groups excluding carboxylic acids is 1. The van der Waals surface area contributed by atoms with Gasteiger partial charge in [0.25, 0.3) is 5.69 Å². The van der Waals surface area contributed by atoms with E-state index in [1.54, 1.807) is 0 Å². The number of nitrogens with zero attached hydrogens (tertiary/aromatic N) is 1. The first-order chi connectivity index (χ1) is 8.12. The highest BCUT2D eigenvalue weighted by atomic mass is 35.5. The first-order valence-corrected chi connectivity index (χ1v) is 4.81. The van der Waals surface area contributed by atoms with Gasteiger partial charge in [-0.05, 0) is 0 Å². The highest BCUT2D eigenvalue weighted by Crippen LogP contribution is 2.36. The summed E-state index contributed by atoms with van der Waals surface area (Å²) in [7, 11) is 0. The second kappa shape index (κ2) is 4.99. The van der Waals surface area contributed by atoms with Gasteiger partial charge in [0.1, 0.15) is 5.02 Å². The van der Waals surface area contributed by atoms with Crippen LogP contribution in [0.4, 0.5) is 18.9 Å². The molecular formula is C8H2Cl2F3NO4. The van der Waals surface area contributed by atoms with Gasteiger partial charge in [0, 0.05) is 12.1 Å². The average molecular weight is 304 g/mol. The first kappa shape index (κ1) is 14.5. The van der Waals surface area contributed by atoms with Crippen LogP contribution in [0.25, 0.3) is 0 Å². The van der Waals surface area contributed by atoms with Gasteiger partial charge in [-0.1, -0.05) is 23.2 Å². The number of hydrogen-bond acceptors (Lipinski definition) is 4. The third kappa shape index (κ3) is 3.23. The standard InChI is InChI=1S/C8H2Cl2F3NO4/c9-3-2-6(18-7(15)8(11,12)13)4(10)1-5(3)14(16)17/h1-2H. The molecule has 0 aliphatic carbocycles. The van der Waals surface area contributed by atoms with Crippen molar-refractivity contribution in [2.24, 2.45) is 0 Å². The number of rotatable bonds is 2. The Kier molecular flexibility index (Phi) is 4.02. The fourth-order valence-electron chi connectivity index (χ4n) is 0.894. The molecule has 1 aromatic rings. The molecule has 0 saturated heterocycles. The van der Waals surface area contributed by atoms with Gasteiger partial charge < -0.3 is 4.74 Å². The summed E-state index contributed by atoms with van der Waals surface area (Å²) < 4.78 is 39.7. The topological polar surface area (TPSA) is 69.4 Å². The lowest BCUT2D eigenvalue weighted by Crippen LogP contribution is -2.28. The summed E-state index contributed by atoms with van der Waals surface area (Å²) in [5.74, 6) is -3.22. The zero-order chi connectivity index (χ0) is 14.1. The molecule has 0 heterocycles. The molecule has 0 spiro atoms. The van der Waals surface area contributed by atoms with Crippen molar-refractivity contribution in [3.8, 4) is 5.75 Å². The molecule has 0 atom stereocenters. The minimum Gasteiger partial charge on any atom is -0.418 e. The molecule has 0 fully saturated rings. The maximum atomic E-state index is 11.9. The summed E-state index contributed by atoms with van der Waals surface area (Å²) >= 11 is 10.9. The molecule has 0 unspecified atom stereocenters. The predicted molar refractivity (Wildman–Crippen MR) is 54.8 cm³/mol. The molecule has 5 nitrogen and oxygen atoms in total. The van der Waals surface area contributed by atoms with Gasteiger partial charge >= 0.3 is 12.1 Å². The number of benzene rings is 1. The predicted octanol–water partition coefficient (Wildman–Crippen LogP) is 3.37. The second-order valence-electron chi connectivity index (χ2n) is 2.88. The van der Waals surface area contributed by atoms with Crippen molar-refractivity contribution >= 4 is 34.9 Å². The number of halogens is 5. The van der Waals surface area contributed by atoms with Crippen molar-refractivity contribution in [1.82, 2.24) is 0 Å². The largest absolute Gasteiger partial charge is 0.491 e. The van der Waals surface area contributed by atoms with Crippen molar-refractivity contribution in [2.45, 2.75) is 6.18 Å². The maximum absolute atomic E-state index is 11.9. The van der Waals surface area contributed by atoms with Crippen molar-refractivity contribution in [1.29, 1.82) is 0 Å². The van der Waals surface area contributed by atoms with Gasteiger partial charge in [-0.2, -0.15) is 13.2 Å². The molecule has 0 aliphatic heterocycles. The molecule has 10 heteroatoms. The van der Waals surface area contributed by atoms with Crippen LogP contribution in [-0.4, -0.2) is 17.1 Å². The zero-order valence-corrected chi connectivity index (χ0v) is 9.64. The molecular weight excluding hydrogens is 302 g/mol. The Bertz CT molecular complexity index is 518. The van der Waals surface area contributed by atoms with E-state index in [9.17, 15) is 28.1 Å². The van der Waals surface area contributed by atoms with Crippen LogP contribution < -0.4 is 4.74 Å². The number of alkyl halides is 3. The maximum Gasteiger partial charge on any atom is 0.491 e. The lowest BCUT2D eigenvalue weighted by atomic mass is 10.3. The van der Waals surface area contributed by atoms with E-state index in [2.05, 4.69) is 4.74 Å². The SMILES string of the molecule is O=C(Oc1cc(Cl)c([N+](=O)[O-])cc1Cl)C(F)(F)F. The summed E-state index contributed by atoms with van der Waals surface area (Å²) in [6.07, 6.45) is -5.21. The Morgan fingerprint density at radius 1 is 1.28 bits per heavy atom. The lowest BCUT2D eigenvalue weighted by molar-refractivity contribution is -0.384. The first-order valence-electron chi connectivity index (χ1n) is 4.05. The monoisotopic (exact) mass is 303 g/mol. The van der Waals surface area contributed by atoms with E-state index in [0.717, 1.165) is 0 Å². The van der Waals surface area contributed by atoms with E-state index < -0.39 is 38.6 Å². The zero-order valence-electron chi connectivity index (χ0n) is 8.12. The quantitative estimate of drug-likeness (QED) is 0.363. The third-order valence-corrected chi connectivity index (χ3v) is 2.23. The molecule has 1 aromatic carbocycles. The molecule has 0 N–H and O–H groups in total. The minimum absolute atomic E-state index is 0.505. The van der Waals surface area contributed by atoms with Crippen LogP contribution in [0.2, 0.25) is 10.0 Å². The van der Waals surface area contributed by atoms with Gasteiger partial charge in [0.2, 0.25) is 0 Å². The summed E-state index contributed by atoms with van der Waals surface area (Å²) in [6.45, 7) is 0. The van der Waals surface area contributed by atoms with Gasteiger partial charge in [-0.25, -0.2) is 4.79 Å². The summed E-state index contributed by atoms with van der Waals surface area (Å²) in [5, 5.41) is 9.40. The normalized spacial score (nSPS) is 11.2. The smallest absolute Gasteiger partial charge is 0.418 e. The van der Waals surface area contributed by atoms with E-state index >= 15 is 0 Å². The van der Waals surface area contributed by atoms with Crippen LogP contribution in [0.15, 0.2) is 12.1 Å². The molecule has 98 valence electrons. The van der Waals surface area contributed by atoms with Crippen LogP contribution in [-0.2, 0) is 4.79 Å². The molecule has 18 heavy (non-hydrogen) atoms. The van der Waals surface area contributed by atoms with Crippen molar-refractivity contribution in [3.05, 3.63) is 32.3 Å². The van der Waals surface area contributed by atoms with Gasteiger partial charge in [0.05, 0.1) is 9.95 Å². The highest BCUT2D eigenvalue weighted by Gasteiger charge is 2.41. The van der Waals surface area contributed by atoms with Crippen molar-refractivity contribution in [3.63, 3.8) is 0 Å². The Hall–Kier alpha value is -1.54. The highest BCUT2D eigenvalue weighted by molar-refractivity contribution is 6.35. The van der Waals surface area contributed by atoms with Crippen LogP contribution in [0.3, 0.4) is 0 Å². The Morgan fingerprint density at radius 2 is 1.83 bits per heavy atom. The Balaban J connectivity index is 3.10. The lowest BCUT2D eigenvalue weighted by Gasteiger charge is -2.08. The molecule has 0 amide bonds. The van der Waals surface area contributed by atoms with Crippen molar-refractivity contribution < 1.29 is 27.6 Å².